The molecular weight excluding hydrogens is 454 g/mol. The van der Waals surface area contributed by atoms with Crippen molar-refractivity contribution in [3.8, 4) is 33.5 Å². The van der Waals surface area contributed by atoms with Crippen molar-refractivity contribution in [2.24, 2.45) is 0 Å². The van der Waals surface area contributed by atoms with E-state index in [4.69, 9.17) is 6.35 Å². The molecule has 4 aromatic carbocycles. The van der Waals surface area contributed by atoms with Gasteiger partial charge in [0.2, 0.25) is 0 Å². The summed E-state index contributed by atoms with van der Waals surface area (Å²) in [6.07, 6.45) is 3.42. The van der Waals surface area contributed by atoms with Crippen molar-refractivity contribution in [2.45, 2.75) is 32.6 Å². The minimum absolute atomic E-state index is 0.578. The van der Waals surface area contributed by atoms with Crippen molar-refractivity contribution in [1.82, 2.24) is 4.98 Å². The van der Waals surface area contributed by atoms with Gasteiger partial charge in [0.15, 0.2) is 0 Å². The molecule has 6 rings (SSSR count). The number of aromatic nitrogens is 1. The molecule has 0 N–H and O–H groups in total. The molecule has 0 unspecified atom stereocenters. The van der Waals surface area contributed by atoms with Crippen LogP contribution in [0.25, 0.3) is 53.7 Å². The normalized spacial score (nSPS) is 12.2. The summed E-state index contributed by atoms with van der Waals surface area (Å²) < 4.78 is 11.5. The Bertz CT molecular complexity index is 1700. The van der Waals surface area contributed by atoms with E-state index in [1.807, 2.05) is 23.6 Å². The first kappa shape index (κ1) is 21.5. The van der Waals surface area contributed by atoms with E-state index in [1.165, 1.54) is 42.4 Å². The van der Waals surface area contributed by atoms with Crippen LogP contribution >= 0.6 is 11.3 Å². The lowest BCUT2D eigenvalue weighted by atomic mass is 9.92. The third-order valence-corrected chi connectivity index (χ3v) is 8.20. The van der Waals surface area contributed by atoms with Gasteiger partial charge in [-0.15, -0.1) is 11.3 Å². The van der Waals surface area contributed by atoms with E-state index in [0.29, 0.717) is 0 Å². The molecular formula is C34H29NS. The highest BCUT2D eigenvalue weighted by Gasteiger charge is 2.15. The Morgan fingerprint density at radius 1 is 0.694 bits per heavy atom. The van der Waals surface area contributed by atoms with Crippen LogP contribution in [0.2, 0.25) is 0 Å². The highest BCUT2D eigenvalue weighted by Crippen LogP contribution is 2.44. The first-order valence-electron chi connectivity index (χ1n) is 13.2. The predicted molar refractivity (Wildman–Crippen MR) is 157 cm³/mol. The number of pyridine rings is 1. The third-order valence-electron chi connectivity index (χ3n) is 7.08. The molecule has 2 heteroatoms. The van der Waals surface area contributed by atoms with Crippen molar-refractivity contribution in [2.75, 3.05) is 0 Å². The zero-order valence-electron chi connectivity index (χ0n) is 21.7. The highest BCUT2D eigenvalue weighted by molar-refractivity contribution is 7.26. The van der Waals surface area contributed by atoms with Crippen LogP contribution < -0.4 is 0 Å². The van der Waals surface area contributed by atoms with Crippen LogP contribution in [0.4, 0.5) is 0 Å². The summed E-state index contributed by atoms with van der Waals surface area (Å²) in [5.41, 5.74) is 8.00. The second-order valence-corrected chi connectivity index (χ2v) is 10.3. The van der Waals surface area contributed by atoms with Crippen molar-refractivity contribution in [3.63, 3.8) is 0 Å². The van der Waals surface area contributed by atoms with Gasteiger partial charge in [-0.2, -0.15) is 0 Å². The number of hydrogen-bond donors (Lipinski definition) is 0. The van der Waals surface area contributed by atoms with Gasteiger partial charge in [-0.3, -0.25) is 4.98 Å². The van der Waals surface area contributed by atoms with E-state index >= 15 is 0 Å². The lowest BCUT2D eigenvalue weighted by Gasteiger charge is -2.13. The Balaban J connectivity index is 1.58. The standard InChI is InChI=1S/C34H29NS/c1-3-23(4-2)26-17-18-35-31(21-26)27-15-16-32-30(19-27)34-29(25-13-9-6-10-14-25)20-28(22-33(34)36-32)24-11-7-5-8-12-24/h5-23H,3-4H2,1-2H3/i23D. The molecule has 6 aromatic rings. The number of benzene rings is 4. The Morgan fingerprint density at radius 3 is 2.14 bits per heavy atom. The lowest BCUT2D eigenvalue weighted by Crippen LogP contribution is -1.96. The van der Waals surface area contributed by atoms with Crippen LogP contribution in [-0.2, 0) is 0 Å². The third kappa shape index (κ3) is 4.12. The summed E-state index contributed by atoms with van der Waals surface area (Å²) in [6, 6.07) is 36.8. The number of thiophene rings is 1. The number of fused-ring (bicyclic) bond motifs is 3. The quantitative estimate of drug-likeness (QED) is 0.229. The van der Waals surface area contributed by atoms with Gasteiger partial charge in [0.1, 0.15) is 0 Å². The number of nitrogens with zero attached hydrogens (tertiary/aromatic N) is 1. The van der Waals surface area contributed by atoms with Gasteiger partial charge in [-0.25, -0.2) is 0 Å². The summed E-state index contributed by atoms with van der Waals surface area (Å²) in [4.78, 5) is 4.72. The van der Waals surface area contributed by atoms with E-state index in [-0.39, 0.29) is 0 Å². The van der Waals surface area contributed by atoms with Gasteiger partial charge in [-0.05, 0) is 83.0 Å². The average molecular weight is 485 g/mol. The Hall–Kier alpha value is -3.75. The van der Waals surface area contributed by atoms with E-state index < -0.39 is 5.89 Å². The first-order valence-corrected chi connectivity index (χ1v) is 13.5. The second kappa shape index (κ2) is 9.72. The Labute approximate surface area is 218 Å². The minimum atomic E-state index is -0.578. The van der Waals surface area contributed by atoms with Crippen LogP contribution in [0.3, 0.4) is 0 Å². The molecule has 2 heterocycles. The monoisotopic (exact) mass is 484 g/mol. The molecule has 0 aliphatic carbocycles. The molecule has 0 fully saturated rings. The van der Waals surface area contributed by atoms with Gasteiger partial charge in [0.25, 0.3) is 0 Å². The van der Waals surface area contributed by atoms with E-state index in [2.05, 4.69) is 111 Å². The first-order chi connectivity index (χ1) is 18.1. The predicted octanol–water partition coefficient (Wildman–Crippen LogP) is 10.4. The number of rotatable bonds is 6. The summed E-state index contributed by atoms with van der Waals surface area (Å²) in [7, 11) is 0. The molecule has 1 nitrogen and oxygen atoms in total. The van der Waals surface area contributed by atoms with Crippen molar-refractivity contribution in [1.29, 1.82) is 0 Å². The van der Waals surface area contributed by atoms with Crippen LogP contribution in [0.1, 0.15) is 39.5 Å². The SMILES string of the molecule is [2H]C(CC)(CC)c1ccnc(-c2ccc3sc4cc(-c5ccccc5)cc(-c5ccccc5)c4c3c2)c1. The minimum Gasteiger partial charge on any atom is -0.256 e. The fraction of sp³-hybridized carbons (Fsp3) is 0.147. The zero-order chi connectivity index (χ0) is 25.4. The van der Waals surface area contributed by atoms with Gasteiger partial charge >= 0.3 is 0 Å². The van der Waals surface area contributed by atoms with Gasteiger partial charge in [0, 0.05) is 33.3 Å². The summed E-state index contributed by atoms with van der Waals surface area (Å²) in [6.45, 7) is 4.18. The van der Waals surface area contributed by atoms with Crippen molar-refractivity contribution < 1.29 is 1.37 Å². The maximum Gasteiger partial charge on any atom is 0.0705 e. The molecule has 36 heavy (non-hydrogen) atoms. The molecule has 0 atom stereocenters. The fourth-order valence-corrected chi connectivity index (χ4v) is 6.33. The molecule has 0 saturated carbocycles. The molecule has 0 radical (unpaired) electrons. The van der Waals surface area contributed by atoms with Crippen molar-refractivity contribution in [3.05, 3.63) is 115 Å². The number of hydrogen-bond acceptors (Lipinski definition) is 2. The van der Waals surface area contributed by atoms with Gasteiger partial charge in [-0.1, -0.05) is 80.6 Å². The molecule has 0 aliphatic heterocycles. The van der Waals surface area contributed by atoms with Gasteiger partial charge < -0.3 is 0 Å². The van der Waals surface area contributed by atoms with Crippen LogP contribution in [0, 0.1) is 0 Å². The van der Waals surface area contributed by atoms with E-state index in [1.54, 1.807) is 0 Å². The Morgan fingerprint density at radius 2 is 1.42 bits per heavy atom. The molecule has 2 aromatic heterocycles. The maximum atomic E-state index is 8.92. The summed E-state index contributed by atoms with van der Waals surface area (Å²) in [5.74, 6) is -0.578. The zero-order valence-corrected chi connectivity index (χ0v) is 21.5. The van der Waals surface area contributed by atoms with Crippen LogP contribution in [0.5, 0.6) is 0 Å². The van der Waals surface area contributed by atoms with E-state index in [0.717, 1.165) is 29.7 Å². The summed E-state index contributed by atoms with van der Waals surface area (Å²) >= 11 is 1.85. The van der Waals surface area contributed by atoms with Crippen LogP contribution in [0.15, 0.2) is 109 Å². The highest BCUT2D eigenvalue weighted by atomic mass is 32.1. The molecule has 0 saturated heterocycles. The lowest BCUT2D eigenvalue weighted by molar-refractivity contribution is 0.641. The smallest absolute Gasteiger partial charge is 0.0705 e. The topological polar surface area (TPSA) is 12.9 Å². The maximum absolute atomic E-state index is 8.92. The average Bonchev–Trinajstić information content (AvgIpc) is 3.35. The molecule has 0 spiro atoms. The molecule has 0 bridgehead atoms. The molecule has 0 amide bonds. The molecule has 176 valence electrons. The van der Waals surface area contributed by atoms with Crippen molar-refractivity contribution >= 4 is 31.5 Å². The van der Waals surface area contributed by atoms with Crippen LogP contribution in [-0.4, -0.2) is 4.98 Å². The summed E-state index contributed by atoms with van der Waals surface area (Å²) in [5, 5.41) is 2.55. The van der Waals surface area contributed by atoms with E-state index in [9.17, 15) is 0 Å². The fourth-order valence-electron chi connectivity index (χ4n) is 5.18. The molecule has 0 aliphatic rings. The Kier molecular flexibility index (Phi) is 5.81. The van der Waals surface area contributed by atoms with Gasteiger partial charge in [0.05, 0.1) is 5.69 Å². The largest absolute Gasteiger partial charge is 0.256 e. The second-order valence-electron chi connectivity index (χ2n) is 9.18.